The van der Waals surface area contributed by atoms with Crippen LogP contribution in [0.2, 0.25) is 0 Å². The summed E-state index contributed by atoms with van der Waals surface area (Å²) in [6.07, 6.45) is -50.9. The van der Waals surface area contributed by atoms with E-state index in [1.807, 2.05) is 0 Å². The molecule has 32 nitrogen and oxygen atoms in total. The standard InChI is InChI=1S/C30H54O32P2/c31-1-6-11(33)18(40)24(61-27-20(42)16(38)13(35)9(58-27)4-53-63(46,47)48)29(56-6)52-3-8-15(37)23(22(44)26(45)55-8)60-30-25(19(41)12(34)7(2-32)57-30)62-28-21(43)17(39)14(36)10(59-28)5-54-64(49,50)51/h6-45H,1-5H2,(H2,46,47,48)(H2,49,50,51)/t6-,7-,8-,9-,10-,11-,12-,13-,14-,15-,16+,17+,18+,19+,20+,21+,22+,23+,24+,25+,26+,27-,28-,29+,30-/m1/s1. The first-order chi connectivity index (χ1) is 29.8. The van der Waals surface area contributed by atoms with Gasteiger partial charge in [0, 0.05) is 0 Å². The minimum Gasteiger partial charge on any atom is -0.394 e. The first kappa shape index (κ1) is 54.2. The highest BCUT2D eigenvalue weighted by Crippen LogP contribution is 2.39. The third-order valence-corrected chi connectivity index (χ3v) is 11.7. The SMILES string of the molecule is O=P(O)(O)OC[C@H]1O[C@H](O[C@@H]2[C@@H](OC[C@H]3O[C@H](O)[C@@H](O)[C@@H](O[C@H]4O[C@H](CO)[C@@H](O)[C@H](O)[C@@H]4O[C@H]4O[C@H](COP(=O)(O)O)[C@@H](O)[C@H](O)[C@@H]4O)[C@@H]3O)O[C@H](CO)[C@@H](O)[C@@H]2O)[C@@H](O)[C@@H](O)[C@@H]1O. The lowest BCUT2D eigenvalue weighted by Gasteiger charge is -2.48. The molecule has 5 aliphatic heterocycles. The average molecular weight is 989 g/mol. The van der Waals surface area contributed by atoms with E-state index < -0.39 is 202 Å². The number of hydrogen-bond acceptors (Lipinski definition) is 28. The van der Waals surface area contributed by atoms with Gasteiger partial charge < -0.3 is 139 Å². The molecule has 0 radical (unpaired) electrons. The number of phosphoric acid groups is 2. The largest absolute Gasteiger partial charge is 0.469 e. The van der Waals surface area contributed by atoms with E-state index in [0.717, 1.165) is 0 Å². The maximum atomic E-state index is 11.4. The lowest BCUT2D eigenvalue weighted by Crippen LogP contribution is -2.67. The Kier molecular flexibility index (Phi) is 18.9. The lowest BCUT2D eigenvalue weighted by molar-refractivity contribution is -0.391. The molecule has 0 aromatic heterocycles. The van der Waals surface area contributed by atoms with Crippen LogP contribution in [-0.4, -0.2) is 283 Å². The maximum absolute atomic E-state index is 11.4. The fourth-order valence-electron chi connectivity index (χ4n) is 7.19. The number of ether oxygens (including phenoxy) is 9. The zero-order valence-corrected chi connectivity index (χ0v) is 34.5. The van der Waals surface area contributed by atoms with Gasteiger partial charge in [-0.2, -0.15) is 0 Å². The van der Waals surface area contributed by atoms with Crippen molar-refractivity contribution in [1.29, 1.82) is 0 Å². The van der Waals surface area contributed by atoms with Gasteiger partial charge in [0.15, 0.2) is 31.5 Å². The van der Waals surface area contributed by atoms with Crippen LogP contribution in [-0.2, 0) is 60.8 Å². The Bertz CT molecular complexity index is 1560. The summed E-state index contributed by atoms with van der Waals surface area (Å²) in [5.74, 6) is 0. The van der Waals surface area contributed by atoms with Crippen LogP contribution in [0, 0.1) is 0 Å². The molecule has 34 heteroatoms. The zero-order chi connectivity index (χ0) is 47.7. The van der Waals surface area contributed by atoms with Crippen LogP contribution in [0.5, 0.6) is 0 Å². The van der Waals surface area contributed by atoms with Crippen LogP contribution in [0.25, 0.3) is 0 Å². The summed E-state index contributed by atoms with van der Waals surface area (Å²) >= 11 is 0. The number of rotatable bonds is 17. The Morgan fingerprint density at radius 1 is 0.359 bits per heavy atom. The van der Waals surface area contributed by atoms with Crippen LogP contribution in [0.15, 0.2) is 0 Å². The second kappa shape index (κ2) is 22.3. The number of phosphoric ester groups is 2. The quantitative estimate of drug-likeness (QED) is 0.0602. The smallest absolute Gasteiger partial charge is 0.394 e. The topological polar surface area (TPSA) is 520 Å². The molecular formula is C30H54O32P2. The average Bonchev–Trinajstić information content (AvgIpc) is 3.23. The van der Waals surface area contributed by atoms with Crippen LogP contribution in [0.1, 0.15) is 0 Å². The van der Waals surface area contributed by atoms with Crippen molar-refractivity contribution >= 4 is 15.6 Å². The molecule has 0 bridgehead atoms. The van der Waals surface area contributed by atoms with E-state index in [2.05, 4.69) is 9.05 Å². The van der Waals surface area contributed by atoms with E-state index in [9.17, 15) is 85.7 Å². The Morgan fingerprint density at radius 2 is 0.719 bits per heavy atom. The molecule has 5 rings (SSSR count). The van der Waals surface area contributed by atoms with Crippen molar-refractivity contribution in [3.63, 3.8) is 0 Å². The monoisotopic (exact) mass is 988 g/mol. The molecule has 64 heavy (non-hydrogen) atoms. The third kappa shape index (κ3) is 12.7. The Hall–Kier alpha value is -0.740. The fourth-order valence-corrected chi connectivity index (χ4v) is 7.87. The number of aliphatic hydroxyl groups excluding tert-OH is 15. The van der Waals surface area contributed by atoms with Gasteiger partial charge in [-0.15, -0.1) is 0 Å². The molecule has 5 aliphatic rings. The molecule has 0 spiro atoms. The van der Waals surface area contributed by atoms with Crippen LogP contribution in [0.3, 0.4) is 0 Å². The molecule has 0 aromatic rings. The third-order valence-electron chi connectivity index (χ3n) is 10.8. The van der Waals surface area contributed by atoms with Gasteiger partial charge in [0.2, 0.25) is 0 Å². The van der Waals surface area contributed by atoms with E-state index in [0.29, 0.717) is 0 Å². The van der Waals surface area contributed by atoms with Crippen molar-refractivity contribution < 1.29 is 157 Å². The molecule has 25 atom stereocenters. The fraction of sp³-hybridized carbons (Fsp3) is 1.00. The normalized spacial score (nSPS) is 48.6. The molecule has 0 amide bonds. The van der Waals surface area contributed by atoms with E-state index >= 15 is 0 Å². The molecule has 0 aromatic carbocycles. The van der Waals surface area contributed by atoms with E-state index in [4.69, 9.17) is 62.2 Å². The van der Waals surface area contributed by atoms with E-state index in [1.54, 1.807) is 0 Å². The first-order valence-corrected chi connectivity index (χ1v) is 22.2. The molecule has 376 valence electrons. The van der Waals surface area contributed by atoms with Gasteiger partial charge in [0.05, 0.1) is 33.0 Å². The molecule has 19 N–H and O–H groups in total. The summed E-state index contributed by atoms with van der Waals surface area (Å²) in [4.78, 5) is 36.3. The minimum absolute atomic E-state index is 0.961. The predicted octanol–water partition coefficient (Wildman–Crippen LogP) is -11.7. The molecular weight excluding hydrogens is 934 g/mol. The molecule has 5 saturated heterocycles. The highest BCUT2D eigenvalue weighted by Gasteiger charge is 2.56. The summed E-state index contributed by atoms with van der Waals surface area (Å²) < 4.78 is 80.5. The van der Waals surface area contributed by atoms with Gasteiger partial charge in [-0.05, 0) is 0 Å². The molecule has 0 unspecified atom stereocenters. The van der Waals surface area contributed by atoms with Gasteiger partial charge >= 0.3 is 15.6 Å². The highest BCUT2D eigenvalue weighted by molar-refractivity contribution is 7.46. The van der Waals surface area contributed by atoms with Crippen molar-refractivity contribution in [2.24, 2.45) is 0 Å². The van der Waals surface area contributed by atoms with E-state index in [-0.39, 0.29) is 0 Å². The van der Waals surface area contributed by atoms with Gasteiger partial charge in [0.1, 0.15) is 122 Å². The zero-order valence-electron chi connectivity index (χ0n) is 32.7. The van der Waals surface area contributed by atoms with Crippen molar-refractivity contribution in [1.82, 2.24) is 0 Å². The minimum atomic E-state index is -5.18. The molecule has 0 aliphatic carbocycles. The van der Waals surface area contributed by atoms with Crippen LogP contribution < -0.4 is 0 Å². The van der Waals surface area contributed by atoms with Gasteiger partial charge in [-0.1, -0.05) is 0 Å². The van der Waals surface area contributed by atoms with Crippen molar-refractivity contribution in [3.05, 3.63) is 0 Å². The Balaban J connectivity index is 1.33. The second-order valence-corrected chi connectivity index (χ2v) is 17.7. The van der Waals surface area contributed by atoms with Gasteiger partial charge in [0.25, 0.3) is 0 Å². The number of hydrogen-bond donors (Lipinski definition) is 19. The van der Waals surface area contributed by atoms with Crippen molar-refractivity contribution in [3.8, 4) is 0 Å². The predicted molar refractivity (Wildman–Crippen MR) is 188 cm³/mol. The Morgan fingerprint density at radius 3 is 1.14 bits per heavy atom. The summed E-state index contributed by atoms with van der Waals surface area (Å²) in [6, 6.07) is 0. The summed E-state index contributed by atoms with van der Waals surface area (Å²) in [7, 11) is -10.3. The summed E-state index contributed by atoms with van der Waals surface area (Å²) in [6.45, 7) is -5.09. The molecule has 0 saturated carbocycles. The molecule has 5 heterocycles. The highest BCUT2D eigenvalue weighted by atomic mass is 31.2. The van der Waals surface area contributed by atoms with Gasteiger partial charge in [-0.3, -0.25) is 9.05 Å². The second-order valence-electron chi connectivity index (χ2n) is 15.2. The lowest BCUT2D eigenvalue weighted by atomic mass is 9.96. The number of aliphatic hydroxyl groups is 15. The van der Waals surface area contributed by atoms with Gasteiger partial charge in [-0.25, -0.2) is 9.13 Å². The van der Waals surface area contributed by atoms with E-state index in [1.165, 1.54) is 0 Å². The van der Waals surface area contributed by atoms with Crippen LogP contribution in [0.4, 0.5) is 0 Å². The summed E-state index contributed by atoms with van der Waals surface area (Å²) in [5.41, 5.74) is 0. The summed E-state index contributed by atoms with van der Waals surface area (Å²) in [5, 5.41) is 159. The van der Waals surface area contributed by atoms with Crippen LogP contribution >= 0.6 is 15.6 Å². The van der Waals surface area contributed by atoms with Crippen molar-refractivity contribution in [2.75, 3.05) is 33.0 Å². The maximum Gasteiger partial charge on any atom is 0.469 e. The first-order valence-electron chi connectivity index (χ1n) is 19.1. The Labute approximate surface area is 359 Å². The molecule has 5 fully saturated rings. The van der Waals surface area contributed by atoms with Crippen molar-refractivity contribution in [2.45, 2.75) is 154 Å².